The van der Waals surface area contributed by atoms with Gasteiger partial charge in [0.2, 0.25) is 0 Å². The summed E-state index contributed by atoms with van der Waals surface area (Å²) in [6.45, 7) is 3.37. The van der Waals surface area contributed by atoms with Crippen LogP contribution in [0.3, 0.4) is 0 Å². The van der Waals surface area contributed by atoms with E-state index in [0.29, 0.717) is 12.2 Å². The average Bonchev–Trinajstić information content (AvgIpc) is 2.86. The topological polar surface area (TPSA) is 112 Å². The van der Waals surface area contributed by atoms with Crippen molar-refractivity contribution in [3.8, 4) is 5.75 Å². The van der Waals surface area contributed by atoms with Crippen LogP contribution in [-0.2, 0) is 16.0 Å². The third-order valence-corrected chi connectivity index (χ3v) is 3.36. The summed E-state index contributed by atoms with van der Waals surface area (Å²) in [6, 6.07) is 4.53. The summed E-state index contributed by atoms with van der Waals surface area (Å²) in [7, 11) is 0. The Morgan fingerprint density at radius 2 is 2.04 bits per heavy atom. The van der Waals surface area contributed by atoms with E-state index in [1.807, 2.05) is 13.8 Å². The number of hydrogen-bond donors (Lipinski definition) is 4. The number of ether oxygens (including phenoxy) is 1. The lowest BCUT2D eigenvalue weighted by molar-refractivity contribution is -0.140. The summed E-state index contributed by atoms with van der Waals surface area (Å²) in [5.74, 6) is -1.53. The zero-order valence-corrected chi connectivity index (χ0v) is 13.0. The van der Waals surface area contributed by atoms with E-state index in [-0.39, 0.29) is 6.04 Å². The molecule has 0 bridgehead atoms. The van der Waals surface area contributed by atoms with Crippen LogP contribution in [-0.4, -0.2) is 45.8 Å². The van der Waals surface area contributed by atoms with E-state index in [2.05, 4.69) is 10.3 Å². The largest absolute Gasteiger partial charge is 0.482 e. The van der Waals surface area contributed by atoms with Gasteiger partial charge in [-0.15, -0.1) is 0 Å². The average molecular weight is 320 g/mol. The van der Waals surface area contributed by atoms with Crippen molar-refractivity contribution in [2.24, 2.45) is 0 Å². The summed E-state index contributed by atoms with van der Waals surface area (Å²) in [5.41, 5.74) is 1.68. The van der Waals surface area contributed by atoms with Crippen LogP contribution in [0.15, 0.2) is 24.4 Å². The summed E-state index contributed by atoms with van der Waals surface area (Å²) >= 11 is 0. The first-order valence-corrected chi connectivity index (χ1v) is 7.30. The van der Waals surface area contributed by atoms with Crippen molar-refractivity contribution in [2.75, 3.05) is 6.61 Å². The van der Waals surface area contributed by atoms with E-state index in [9.17, 15) is 14.7 Å². The smallest absolute Gasteiger partial charge is 0.341 e. The van der Waals surface area contributed by atoms with Gasteiger partial charge in [0, 0.05) is 29.6 Å². The molecule has 1 aromatic heterocycles. The monoisotopic (exact) mass is 320 g/mol. The molecule has 7 heteroatoms. The van der Waals surface area contributed by atoms with Crippen molar-refractivity contribution in [1.82, 2.24) is 10.3 Å². The normalized spacial score (nSPS) is 12.5. The van der Waals surface area contributed by atoms with Gasteiger partial charge in [-0.25, -0.2) is 4.79 Å². The first-order valence-electron chi connectivity index (χ1n) is 7.30. The van der Waals surface area contributed by atoms with Crippen LogP contribution in [0.5, 0.6) is 5.75 Å². The second kappa shape index (κ2) is 7.15. The summed E-state index contributed by atoms with van der Waals surface area (Å²) in [5, 5.41) is 21.8. The highest BCUT2D eigenvalue weighted by molar-refractivity contribution is 5.85. The number of carboxylic acid groups (broad SMARTS) is 2. The number of rotatable bonds is 8. The Balaban J connectivity index is 2.24. The molecule has 4 N–H and O–H groups in total. The van der Waals surface area contributed by atoms with Crippen molar-refractivity contribution in [1.29, 1.82) is 0 Å². The van der Waals surface area contributed by atoms with E-state index >= 15 is 0 Å². The minimum atomic E-state index is -1.05. The van der Waals surface area contributed by atoms with Crippen LogP contribution in [0.25, 0.3) is 10.9 Å². The number of aliphatic carboxylic acids is 2. The molecule has 0 fully saturated rings. The predicted octanol–water partition coefficient (Wildman–Crippen LogP) is 1.62. The Kier molecular flexibility index (Phi) is 5.23. The highest BCUT2D eigenvalue weighted by Crippen LogP contribution is 2.25. The molecule has 0 aliphatic carbocycles. The lowest BCUT2D eigenvalue weighted by atomic mass is 10.0. The zero-order chi connectivity index (χ0) is 17.0. The number of hydrogen-bond acceptors (Lipinski definition) is 4. The van der Waals surface area contributed by atoms with E-state index in [0.717, 1.165) is 16.5 Å². The number of aromatic amines is 1. The molecule has 0 aliphatic heterocycles. The minimum Gasteiger partial charge on any atom is -0.482 e. The van der Waals surface area contributed by atoms with Gasteiger partial charge in [0.25, 0.3) is 0 Å². The predicted molar refractivity (Wildman–Crippen MR) is 84.8 cm³/mol. The van der Waals surface area contributed by atoms with Gasteiger partial charge in [-0.05, 0) is 23.8 Å². The Labute approximate surface area is 133 Å². The molecule has 124 valence electrons. The van der Waals surface area contributed by atoms with Crippen molar-refractivity contribution in [3.05, 3.63) is 30.0 Å². The van der Waals surface area contributed by atoms with Crippen LogP contribution >= 0.6 is 0 Å². The quantitative estimate of drug-likeness (QED) is 0.588. The SMILES string of the molecule is CC(C)N[C@@H](Cc1c[nH]c2ccc(OCC(=O)O)cc12)C(=O)O. The van der Waals surface area contributed by atoms with Crippen LogP contribution in [0, 0.1) is 0 Å². The van der Waals surface area contributed by atoms with E-state index in [1.54, 1.807) is 24.4 Å². The maximum Gasteiger partial charge on any atom is 0.341 e. The molecule has 0 spiro atoms. The summed E-state index contributed by atoms with van der Waals surface area (Å²) < 4.78 is 5.17. The molecule has 23 heavy (non-hydrogen) atoms. The Morgan fingerprint density at radius 1 is 1.30 bits per heavy atom. The van der Waals surface area contributed by atoms with E-state index < -0.39 is 24.6 Å². The molecule has 0 radical (unpaired) electrons. The number of fused-ring (bicyclic) bond motifs is 1. The van der Waals surface area contributed by atoms with Gasteiger partial charge >= 0.3 is 11.9 Å². The Bertz CT molecular complexity index is 708. The molecule has 0 amide bonds. The molecular formula is C16H20N2O5. The molecule has 2 aromatic rings. The molecule has 0 aliphatic rings. The van der Waals surface area contributed by atoms with Gasteiger partial charge in [0.1, 0.15) is 11.8 Å². The number of benzene rings is 1. The maximum absolute atomic E-state index is 11.4. The molecule has 1 heterocycles. The van der Waals surface area contributed by atoms with E-state index in [1.165, 1.54) is 0 Å². The van der Waals surface area contributed by atoms with Crippen molar-refractivity contribution in [2.45, 2.75) is 32.4 Å². The number of H-pyrrole nitrogens is 1. The first-order chi connectivity index (χ1) is 10.9. The molecule has 0 unspecified atom stereocenters. The third-order valence-electron chi connectivity index (χ3n) is 3.36. The number of aromatic nitrogens is 1. The third kappa shape index (κ3) is 4.46. The number of carbonyl (C=O) groups is 2. The minimum absolute atomic E-state index is 0.0516. The zero-order valence-electron chi connectivity index (χ0n) is 13.0. The second-order valence-corrected chi connectivity index (χ2v) is 5.62. The lowest BCUT2D eigenvalue weighted by Crippen LogP contribution is -2.42. The molecule has 0 saturated carbocycles. The fourth-order valence-corrected chi connectivity index (χ4v) is 2.40. The summed E-state index contributed by atoms with van der Waals surface area (Å²) in [6.07, 6.45) is 2.08. The Hall–Kier alpha value is -2.54. The van der Waals surface area contributed by atoms with Crippen LogP contribution in [0.4, 0.5) is 0 Å². The van der Waals surface area contributed by atoms with Crippen molar-refractivity contribution >= 4 is 22.8 Å². The van der Waals surface area contributed by atoms with Gasteiger partial charge in [-0.2, -0.15) is 0 Å². The second-order valence-electron chi connectivity index (χ2n) is 5.62. The van der Waals surface area contributed by atoms with Crippen LogP contribution < -0.4 is 10.1 Å². The van der Waals surface area contributed by atoms with E-state index in [4.69, 9.17) is 9.84 Å². The lowest BCUT2D eigenvalue weighted by Gasteiger charge is -2.16. The Morgan fingerprint density at radius 3 is 2.65 bits per heavy atom. The molecule has 0 saturated heterocycles. The first kappa shape index (κ1) is 16.8. The number of nitrogens with one attached hydrogen (secondary N) is 2. The maximum atomic E-state index is 11.4. The van der Waals surface area contributed by atoms with Crippen molar-refractivity contribution in [3.63, 3.8) is 0 Å². The highest BCUT2D eigenvalue weighted by Gasteiger charge is 2.20. The van der Waals surface area contributed by atoms with Gasteiger partial charge < -0.3 is 25.3 Å². The number of carboxylic acids is 2. The summed E-state index contributed by atoms with van der Waals surface area (Å²) in [4.78, 5) is 25.0. The molecular weight excluding hydrogens is 300 g/mol. The van der Waals surface area contributed by atoms with Gasteiger partial charge in [-0.3, -0.25) is 4.79 Å². The molecule has 1 aromatic carbocycles. The van der Waals surface area contributed by atoms with Crippen molar-refractivity contribution < 1.29 is 24.5 Å². The van der Waals surface area contributed by atoms with Crippen LogP contribution in [0.1, 0.15) is 19.4 Å². The van der Waals surface area contributed by atoms with Gasteiger partial charge in [0.05, 0.1) is 0 Å². The molecule has 7 nitrogen and oxygen atoms in total. The van der Waals surface area contributed by atoms with Gasteiger partial charge in [0.15, 0.2) is 6.61 Å². The highest BCUT2D eigenvalue weighted by atomic mass is 16.5. The van der Waals surface area contributed by atoms with Gasteiger partial charge in [-0.1, -0.05) is 13.8 Å². The van der Waals surface area contributed by atoms with Crippen LogP contribution in [0.2, 0.25) is 0 Å². The molecule has 2 rings (SSSR count). The molecule has 1 atom stereocenters. The fourth-order valence-electron chi connectivity index (χ4n) is 2.40. The fraction of sp³-hybridized carbons (Fsp3) is 0.375. The standard InChI is InChI=1S/C16H20N2O5/c1-9(2)18-14(16(21)22)5-10-7-17-13-4-3-11(6-12(10)13)23-8-15(19)20/h3-4,6-7,9,14,17-18H,5,8H2,1-2H3,(H,19,20)(H,21,22)/t14-/m0/s1.